The maximum absolute atomic E-state index is 10.8. The average Bonchev–Trinajstić information content (AvgIpc) is 2.70. The summed E-state index contributed by atoms with van der Waals surface area (Å²) in [5.41, 5.74) is 0.0834. The van der Waals surface area contributed by atoms with Gasteiger partial charge in [0.05, 0.1) is 19.3 Å². The van der Waals surface area contributed by atoms with Gasteiger partial charge in [-0.15, -0.1) is 0 Å². The molecule has 4 heteroatoms. The SMILES string of the molecule is CC(=O)OC[C@]1(C)C[C@H]1[C@H]1COC(C)(C)O1. The van der Waals surface area contributed by atoms with Crippen molar-refractivity contribution in [1.29, 1.82) is 0 Å². The summed E-state index contributed by atoms with van der Waals surface area (Å²) in [6.07, 6.45) is 1.19. The molecule has 92 valence electrons. The first kappa shape index (κ1) is 11.9. The number of esters is 1. The van der Waals surface area contributed by atoms with Crippen molar-refractivity contribution in [3.05, 3.63) is 0 Å². The lowest BCUT2D eigenvalue weighted by Crippen LogP contribution is -2.24. The molecule has 1 saturated heterocycles. The first-order chi connectivity index (χ1) is 7.32. The van der Waals surface area contributed by atoms with Crippen molar-refractivity contribution in [2.24, 2.45) is 11.3 Å². The van der Waals surface area contributed by atoms with E-state index in [1.165, 1.54) is 6.92 Å². The minimum Gasteiger partial charge on any atom is -0.465 e. The first-order valence-corrected chi connectivity index (χ1v) is 5.78. The zero-order chi connectivity index (χ0) is 12.0. The van der Waals surface area contributed by atoms with Gasteiger partial charge in [-0.25, -0.2) is 0 Å². The Morgan fingerprint density at radius 2 is 2.12 bits per heavy atom. The van der Waals surface area contributed by atoms with Crippen molar-refractivity contribution in [1.82, 2.24) is 0 Å². The van der Waals surface area contributed by atoms with E-state index in [9.17, 15) is 4.79 Å². The van der Waals surface area contributed by atoms with Gasteiger partial charge in [-0.1, -0.05) is 6.92 Å². The lowest BCUT2D eigenvalue weighted by molar-refractivity contribution is -0.146. The highest BCUT2D eigenvalue weighted by molar-refractivity contribution is 5.65. The summed E-state index contributed by atoms with van der Waals surface area (Å²) >= 11 is 0. The Bertz CT molecular complexity index is 299. The molecule has 2 rings (SSSR count). The summed E-state index contributed by atoms with van der Waals surface area (Å²) in [7, 11) is 0. The Morgan fingerprint density at radius 3 is 2.62 bits per heavy atom. The Hall–Kier alpha value is -0.610. The lowest BCUT2D eigenvalue weighted by Gasteiger charge is -2.18. The van der Waals surface area contributed by atoms with Crippen LogP contribution in [0.1, 0.15) is 34.1 Å². The van der Waals surface area contributed by atoms with Gasteiger partial charge in [0.1, 0.15) is 0 Å². The molecule has 1 saturated carbocycles. The monoisotopic (exact) mass is 228 g/mol. The molecule has 0 bridgehead atoms. The molecule has 0 aromatic rings. The second-order valence-corrected chi connectivity index (χ2v) is 5.61. The Balaban J connectivity index is 1.84. The van der Waals surface area contributed by atoms with Crippen LogP contribution in [0.5, 0.6) is 0 Å². The van der Waals surface area contributed by atoms with Crippen molar-refractivity contribution in [3.63, 3.8) is 0 Å². The van der Waals surface area contributed by atoms with Crippen molar-refractivity contribution in [2.75, 3.05) is 13.2 Å². The van der Waals surface area contributed by atoms with Crippen LogP contribution in [0.3, 0.4) is 0 Å². The molecule has 1 aliphatic carbocycles. The lowest BCUT2D eigenvalue weighted by atomic mass is 10.1. The summed E-state index contributed by atoms with van der Waals surface area (Å²) in [6, 6.07) is 0. The minimum absolute atomic E-state index is 0.0834. The molecular formula is C12H20O4. The van der Waals surface area contributed by atoms with Gasteiger partial charge in [0.15, 0.2) is 5.79 Å². The standard InChI is InChI=1S/C12H20O4/c1-8(13)14-7-12(4)5-9(12)10-6-15-11(2,3)16-10/h9-10H,5-7H2,1-4H3/t9-,10+,12-/m0/s1. The maximum atomic E-state index is 10.8. The van der Waals surface area contributed by atoms with Crippen LogP contribution >= 0.6 is 0 Å². The van der Waals surface area contributed by atoms with Crippen LogP contribution in [-0.2, 0) is 19.0 Å². The molecular weight excluding hydrogens is 208 g/mol. The third-order valence-corrected chi connectivity index (χ3v) is 3.51. The van der Waals surface area contributed by atoms with Crippen molar-refractivity contribution in [2.45, 2.75) is 46.0 Å². The minimum atomic E-state index is -0.463. The molecule has 0 amide bonds. The zero-order valence-corrected chi connectivity index (χ0v) is 10.4. The third-order valence-electron chi connectivity index (χ3n) is 3.51. The van der Waals surface area contributed by atoms with Crippen LogP contribution in [0.25, 0.3) is 0 Å². The van der Waals surface area contributed by atoms with E-state index >= 15 is 0 Å². The second kappa shape index (κ2) is 3.70. The number of hydrogen-bond donors (Lipinski definition) is 0. The molecule has 0 aromatic heterocycles. The molecule has 16 heavy (non-hydrogen) atoms. The summed E-state index contributed by atoms with van der Waals surface area (Å²) in [6.45, 7) is 8.58. The number of carbonyl (C=O) groups is 1. The quantitative estimate of drug-likeness (QED) is 0.690. The summed E-state index contributed by atoms with van der Waals surface area (Å²) < 4.78 is 16.4. The van der Waals surface area contributed by atoms with Gasteiger partial charge in [0, 0.05) is 12.3 Å². The van der Waals surface area contributed by atoms with Crippen molar-refractivity contribution < 1.29 is 19.0 Å². The van der Waals surface area contributed by atoms with E-state index in [-0.39, 0.29) is 17.5 Å². The fourth-order valence-electron chi connectivity index (χ4n) is 2.37. The predicted octanol–water partition coefficient (Wildman–Crippen LogP) is 1.73. The van der Waals surface area contributed by atoms with Gasteiger partial charge in [0.2, 0.25) is 0 Å². The van der Waals surface area contributed by atoms with Crippen LogP contribution in [-0.4, -0.2) is 31.1 Å². The van der Waals surface area contributed by atoms with E-state index in [0.717, 1.165) is 6.42 Å². The Labute approximate surface area is 96.2 Å². The highest BCUT2D eigenvalue weighted by Crippen LogP contribution is 2.56. The molecule has 4 nitrogen and oxygen atoms in total. The summed E-state index contributed by atoms with van der Waals surface area (Å²) in [5.74, 6) is -0.222. The van der Waals surface area contributed by atoms with Crippen molar-refractivity contribution in [3.8, 4) is 0 Å². The molecule has 1 aliphatic heterocycles. The average molecular weight is 228 g/mol. The molecule has 2 fully saturated rings. The molecule has 0 spiro atoms. The van der Waals surface area contributed by atoms with Gasteiger partial charge < -0.3 is 14.2 Å². The first-order valence-electron chi connectivity index (χ1n) is 5.78. The van der Waals surface area contributed by atoms with Crippen LogP contribution in [0, 0.1) is 11.3 Å². The highest BCUT2D eigenvalue weighted by Gasteiger charge is 2.57. The van der Waals surface area contributed by atoms with E-state index in [4.69, 9.17) is 14.2 Å². The number of rotatable bonds is 3. The van der Waals surface area contributed by atoms with E-state index in [0.29, 0.717) is 19.1 Å². The van der Waals surface area contributed by atoms with Crippen molar-refractivity contribution >= 4 is 5.97 Å². The van der Waals surface area contributed by atoms with E-state index in [2.05, 4.69) is 6.92 Å². The Kier molecular flexibility index (Phi) is 2.75. The highest BCUT2D eigenvalue weighted by atomic mass is 16.7. The maximum Gasteiger partial charge on any atom is 0.302 e. The Morgan fingerprint density at radius 1 is 1.44 bits per heavy atom. The predicted molar refractivity (Wildman–Crippen MR) is 57.8 cm³/mol. The van der Waals surface area contributed by atoms with Gasteiger partial charge in [-0.2, -0.15) is 0 Å². The van der Waals surface area contributed by atoms with Crippen LogP contribution in [0.2, 0.25) is 0 Å². The van der Waals surface area contributed by atoms with Crippen LogP contribution in [0.4, 0.5) is 0 Å². The summed E-state index contributed by atoms with van der Waals surface area (Å²) in [5, 5.41) is 0. The van der Waals surface area contributed by atoms with E-state index in [1.54, 1.807) is 0 Å². The van der Waals surface area contributed by atoms with Gasteiger partial charge in [0.25, 0.3) is 0 Å². The molecule has 0 N–H and O–H groups in total. The fraction of sp³-hybridized carbons (Fsp3) is 0.917. The van der Waals surface area contributed by atoms with Gasteiger partial charge in [-0.3, -0.25) is 4.79 Å². The van der Waals surface area contributed by atoms with Crippen LogP contribution in [0.15, 0.2) is 0 Å². The summed E-state index contributed by atoms with van der Waals surface area (Å²) in [4.78, 5) is 10.8. The molecule has 0 aromatic carbocycles. The fourth-order valence-corrected chi connectivity index (χ4v) is 2.37. The van der Waals surface area contributed by atoms with Crippen LogP contribution < -0.4 is 0 Å². The topological polar surface area (TPSA) is 44.8 Å². The molecule has 0 unspecified atom stereocenters. The molecule has 3 atom stereocenters. The molecule has 1 heterocycles. The normalized spacial score (nSPS) is 40.8. The largest absolute Gasteiger partial charge is 0.465 e. The smallest absolute Gasteiger partial charge is 0.302 e. The number of carbonyl (C=O) groups excluding carboxylic acids is 1. The zero-order valence-electron chi connectivity index (χ0n) is 10.4. The van der Waals surface area contributed by atoms with Gasteiger partial charge in [-0.05, 0) is 26.2 Å². The van der Waals surface area contributed by atoms with E-state index in [1.807, 2.05) is 13.8 Å². The molecule has 2 aliphatic rings. The number of hydrogen-bond acceptors (Lipinski definition) is 4. The van der Waals surface area contributed by atoms with E-state index < -0.39 is 5.79 Å². The number of ether oxygens (including phenoxy) is 3. The third kappa shape index (κ3) is 2.38. The molecule has 0 radical (unpaired) electrons. The second-order valence-electron chi connectivity index (χ2n) is 5.61. The van der Waals surface area contributed by atoms with Gasteiger partial charge >= 0.3 is 5.97 Å².